The molecule has 0 unspecified atom stereocenters. The number of thioether (sulfide) groups is 1. The number of para-hydroxylation sites is 1. The molecule has 1 aromatic heterocycles. The smallest absolute Gasteiger partial charge is 0.288 e. The van der Waals surface area contributed by atoms with Crippen LogP contribution in [0.25, 0.3) is 0 Å². The molecule has 0 atom stereocenters. The summed E-state index contributed by atoms with van der Waals surface area (Å²) in [6.45, 7) is 1.76. The number of hydrogen-bond donors (Lipinski definition) is 1. The second-order valence-electron chi connectivity index (χ2n) is 3.64. The summed E-state index contributed by atoms with van der Waals surface area (Å²) >= 11 is 6.37. The van der Waals surface area contributed by atoms with Gasteiger partial charge in [-0.1, -0.05) is 35.5 Å². The van der Waals surface area contributed by atoms with E-state index < -0.39 is 5.76 Å². The van der Waals surface area contributed by atoms with Crippen molar-refractivity contribution in [2.24, 2.45) is 0 Å². The van der Waals surface area contributed by atoms with Crippen molar-refractivity contribution < 1.29 is 8.78 Å². The third kappa shape index (κ3) is 3.54. The van der Waals surface area contributed by atoms with E-state index >= 15 is 0 Å². The van der Waals surface area contributed by atoms with Gasteiger partial charge in [-0.2, -0.15) is 8.78 Å². The monoisotopic (exact) mass is 301 g/mol. The van der Waals surface area contributed by atoms with Crippen molar-refractivity contribution in [1.82, 2.24) is 9.97 Å². The Bertz CT molecular complexity index is 581. The molecule has 0 radical (unpaired) electrons. The first-order valence-corrected chi connectivity index (χ1v) is 6.61. The molecular formula is C12H10ClF2N3S. The summed E-state index contributed by atoms with van der Waals surface area (Å²) in [5.74, 6) is -1.97. The topological polar surface area (TPSA) is 37.8 Å². The maximum atomic E-state index is 12.5. The highest BCUT2D eigenvalue weighted by atomic mass is 35.5. The number of halogens is 3. The van der Waals surface area contributed by atoms with E-state index in [4.69, 9.17) is 11.6 Å². The van der Waals surface area contributed by atoms with Crippen LogP contribution in [-0.4, -0.2) is 15.7 Å². The van der Waals surface area contributed by atoms with Gasteiger partial charge in [-0.3, -0.25) is 0 Å². The Kier molecular flexibility index (Phi) is 4.55. The van der Waals surface area contributed by atoms with Gasteiger partial charge >= 0.3 is 0 Å². The van der Waals surface area contributed by atoms with Gasteiger partial charge in [0.25, 0.3) is 5.76 Å². The fraction of sp³-hybridized carbons (Fsp3) is 0.167. The number of benzene rings is 1. The van der Waals surface area contributed by atoms with Gasteiger partial charge in [-0.05, 0) is 19.1 Å². The van der Waals surface area contributed by atoms with Gasteiger partial charge in [0.2, 0.25) is 0 Å². The molecule has 1 heterocycles. The standard InChI is InChI=1S/C12H10ClF2N3S/c1-7-10(13)16-6-17-11(7)18-8-4-2-3-5-9(8)19-12(14)15/h2-6,12H,1H3,(H,16,17,18). The minimum absolute atomic E-state index is 0.330. The molecular weight excluding hydrogens is 292 g/mol. The van der Waals surface area contributed by atoms with Crippen molar-refractivity contribution in [2.75, 3.05) is 5.32 Å². The van der Waals surface area contributed by atoms with Gasteiger partial charge < -0.3 is 5.32 Å². The van der Waals surface area contributed by atoms with Gasteiger partial charge in [-0.15, -0.1) is 0 Å². The highest BCUT2D eigenvalue weighted by Gasteiger charge is 2.11. The van der Waals surface area contributed by atoms with Gasteiger partial charge in [0.05, 0.1) is 5.69 Å². The molecule has 0 aliphatic heterocycles. The predicted octanol–water partition coefficient (Wildman–Crippen LogP) is 4.50. The van der Waals surface area contributed by atoms with Crippen molar-refractivity contribution in [1.29, 1.82) is 0 Å². The van der Waals surface area contributed by atoms with Crippen LogP contribution >= 0.6 is 23.4 Å². The molecule has 0 spiro atoms. The van der Waals surface area contributed by atoms with Crippen LogP contribution in [0.15, 0.2) is 35.5 Å². The zero-order valence-corrected chi connectivity index (χ0v) is 11.5. The quantitative estimate of drug-likeness (QED) is 0.666. The van der Waals surface area contributed by atoms with Crippen LogP contribution in [0.4, 0.5) is 20.3 Å². The molecule has 3 nitrogen and oxygen atoms in total. The summed E-state index contributed by atoms with van der Waals surface area (Å²) in [5, 5.41) is 3.33. The molecule has 19 heavy (non-hydrogen) atoms. The Morgan fingerprint density at radius 2 is 2.00 bits per heavy atom. The average Bonchev–Trinajstić information content (AvgIpc) is 2.36. The lowest BCUT2D eigenvalue weighted by Crippen LogP contribution is -1.99. The largest absolute Gasteiger partial charge is 0.339 e. The fourth-order valence-electron chi connectivity index (χ4n) is 1.45. The van der Waals surface area contributed by atoms with Gasteiger partial charge in [-0.25, -0.2) is 9.97 Å². The van der Waals surface area contributed by atoms with Crippen LogP contribution in [0.1, 0.15) is 5.56 Å². The van der Waals surface area contributed by atoms with Crippen molar-refractivity contribution in [3.63, 3.8) is 0 Å². The van der Waals surface area contributed by atoms with E-state index in [9.17, 15) is 8.78 Å². The van der Waals surface area contributed by atoms with Crippen LogP contribution in [0.2, 0.25) is 5.15 Å². The molecule has 0 saturated heterocycles. The van der Waals surface area contributed by atoms with E-state index in [1.807, 2.05) is 0 Å². The Labute approximate surface area is 118 Å². The number of rotatable bonds is 4. The van der Waals surface area contributed by atoms with Crippen LogP contribution in [0.5, 0.6) is 0 Å². The lowest BCUT2D eigenvalue weighted by Gasteiger charge is -2.12. The lowest BCUT2D eigenvalue weighted by molar-refractivity contribution is 0.252. The number of aromatic nitrogens is 2. The van der Waals surface area contributed by atoms with Gasteiger partial charge in [0.15, 0.2) is 0 Å². The van der Waals surface area contributed by atoms with E-state index in [0.717, 1.165) is 0 Å². The molecule has 0 aliphatic carbocycles. The minimum atomic E-state index is -2.47. The molecule has 0 fully saturated rings. The molecule has 0 aliphatic rings. The summed E-state index contributed by atoms with van der Waals surface area (Å²) in [4.78, 5) is 8.34. The molecule has 2 rings (SSSR count). The highest BCUT2D eigenvalue weighted by molar-refractivity contribution is 7.99. The minimum Gasteiger partial charge on any atom is -0.339 e. The molecule has 1 aromatic carbocycles. The second kappa shape index (κ2) is 6.16. The zero-order chi connectivity index (χ0) is 13.8. The first-order valence-electron chi connectivity index (χ1n) is 5.36. The maximum absolute atomic E-state index is 12.5. The number of nitrogens with one attached hydrogen (secondary N) is 1. The SMILES string of the molecule is Cc1c(Cl)ncnc1Nc1ccccc1SC(F)F. The normalized spacial score (nSPS) is 10.8. The molecule has 1 N–H and O–H groups in total. The average molecular weight is 302 g/mol. The third-order valence-corrected chi connectivity index (χ3v) is 3.55. The first kappa shape index (κ1) is 14.0. The Balaban J connectivity index is 2.30. The molecule has 7 heteroatoms. The molecule has 0 amide bonds. The highest BCUT2D eigenvalue weighted by Crippen LogP contribution is 2.33. The number of anilines is 2. The first-order chi connectivity index (χ1) is 9.08. The number of hydrogen-bond acceptors (Lipinski definition) is 4. The number of nitrogens with zero attached hydrogens (tertiary/aromatic N) is 2. The van der Waals surface area contributed by atoms with E-state index in [-0.39, 0.29) is 0 Å². The van der Waals surface area contributed by atoms with Crippen LogP contribution in [0.3, 0.4) is 0 Å². The molecule has 100 valence electrons. The number of alkyl halides is 2. The van der Waals surface area contributed by atoms with Crippen molar-refractivity contribution in [2.45, 2.75) is 17.6 Å². The Morgan fingerprint density at radius 3 is 2.74 bits per heavy atom. The fourth-order valence-corrected chi connectivity index (χ4v) is 2.18. The van der Waals surface area contributed by atoms with Crippen molar-refractivity contribution >= 4 is 34.9 Å². The van der Waals surface area contributed by atoms with Crippen LogP contribution in [0, 0.1) is 6.92 Å². The van der Waals surface area contributed by atoms with E-state index in [1.165, 1.54) is 6.33 Å². The summed E-state index contributed by atoms with van der Waals surface area (Å²) in [7, 11) is 0. The van der Waals surface area contributed by atoms with Crippen molar-refractivity contribution in [3.05, 3.63) is 41.3 Å². The van der Waals surface area contributed by atoms with Gasteiger partial charge in [0, 0.05) is 10.5 Å². The van der Waals surface area contributed by atoms with Crippen LogP contribution in [-0.2, 0) is 0 Å². The van der Waals surface area contributed by atoms with E-state index in [0.29, 0.717) is 38.9 Å². The predicted molar refractivity (Wildman–Crippen MR) is 73.4 cm³/mol. The second-order valence-corrected chi connectivity index (χ2v) is 5.03. The maximum Gasteiger partial charge on any atom is 0.288 e. The van der Waals surface area contributed by atoms with E-state index in [1.54, 1.807) is 31.2 Å². The van der Waals surface area contributed by atoms with Crippen molar-refractivity contribution in [3.8, 4) is 0 Å². The van der Waals surface area contributed by atoms with Crippen LogP contribution < -0.4 is 5.32 Å². The molecule has 0 saturated carbocycles. The van der Waals surface area contributed by atoms with Gasteiger partial charge in [0.1, 0.15) is 17.3 Å². The molecule has 2 aromatic rings. The molecule has 0 bridgehead atoms. The summed E-state index contributed by atoms with van der Waals surface area (Å²) in [6, 6.07) is 6.79. The van der Waals surface area contributed by atoms with E-state index in [2.05, 4.69) is 15.3 Å². The lowest BCUT2D eigenvalue weighted by atomic mass is 10.3. The summed E-state index contributed by atoms with van der Waals surface area (Å²) in [6.07, 6.45) is 1.32. The summed E-state index contributed by atoms with van der Waals surface area (Å²) < 4.78 is 24.9. The summed E-state index contributed by atoms with van der Waals surface area (Å²) in [5.41, 5.74) is 1.23. The Hall–Kier alpha value is -1.40. The third-order valence-electron chi connectivity index (χ3n) is 2.38. The zero-order valence-electron chi connectivity index (χ0n) is 9.90. The Morgan fingerprint density at radius 1 is 1.26 bits per heavy atom.